The topological polar surface area (TPSA) is 29.5 Å². The molecule has 4 heteroatoms. The molecule has 1 heterocycles. The summed E-state index contributed by atoms with van der Waals surface area (Å²) in [5, 5.41) is 0. The van der Waals surface area contributed by atoms with E-state index in [1.807, 2.05) is 30.1 Å². The maximum atomic E-state index is 11.6. The second kappa shape index (κ2) is 6.15. The number of hydrogen-bond acceptors (Lipinski definition) is 2. The molecule has 1 atom stereocenters. The largest absolute Gasteiger partial charge is 0.446 e. The summed E-state index contributed by atoms with van der Waals surface area (Å²) >= 11 is 2.17. The van der Waals surface area contributed by atoms with E-state index in [0.29, 0.717) is 13.1 Å². The quantitative estimate of drug-likeness (QED) is 0.748. The zero-order valence-corrected chi connectivity index (χ0v) is 11.2. The minimum atomic E-state index is -0.211. The van der Waals surface area contributed by atoms with Crippen molar-refractivity contribution in [2.45, 2.75) is 26.4 Å². The van der Waals surface area contributed by atoms with Crippen LogP contribution in [0.1, 0.15) is 20.3 Å². The number of rotatable bonds is 3. The van der Waals surface area contributed by atoms with Crippen molar-refractivity contribution < 1.29 is 9.53 Å². The Balaban J connectivity index is 2.39. The van der Waals surface area contributed by atoms with E-state index in [-0.39, 0.29) is 12.2 Å². The Morgan fingerprint density at radius 3 is 3.13 bits per heavy atom. The number of halogens is 1. The van der Waals surface area contributed by atoms with Gasteiger partial charge in [-0.2, -0.15) is 0 Å². The van der Waals surface area contributed by atoms with Crippen LogP contribution in [0.4, 0.5) is 4.79 Å². The van der Waals surface area contributed by atoms with Crippen LogP contribution in [0, 0.1) is 0 Å². The third-order valence-corrected chi connectivity index (χ3v) is 2.72. The second-order valence-corrected chi connectivity index (χ2v) is 4.27. The molecule has 0 saturated carbocycles. The van der Waals surface area contributed by atoms with Gasteiger partial charge in [0.2, 0.25) is 0 Å². The van der Waals surface area contributed by atoms with E-state index in [4.69, 9.17) is 4.74 Å². The summed E-state index contributed by atoms with van der Waals surface area (Å²) in [4.78, 5) is 13.3. The van der Waals surface area contributed by atoms with Gasteiger partial charge in [0.15, 0.2) is 0 Å². The van der Waals surface area contributed by atoms with Crippen LogP contribution < -0.4 is 0 Å². The molecular weight excluding hydrogens is 305 g/mol. The number of hydrogen-bond donors (Lipinski definition) is 0. The second-order valence-electron chi connectivity index (χ2n) is 3.55. The minimum absolute atomic E-state index is 0.00154. The lowest BCUT2D eigenvalue weighted by molar-refractivity contribution is 0.0758. The Hall–Kier alpha value is -0.520. The lowest BCUT2D eigenvalue weighted by atomic mass is 10.3. The van der Waals surface area contributed by atoms with E-state index in [9.17, 15) is 4.79 Å². The normalized spacial score (nSPS) is 18.1. The minimum Gasteiger partial charge on any atom is -0.446 e. The van der Waals surface area contributed by atoms with Crippen LogP contribution in [0.25, 0.3) is 0 Å². The van der Waals surface area contributed by atoms with E-state index < -0.39 is 0 Å². The van der Waals surface area contributed by atoms with Crippen LogP contribution in [0.2, 0.25) is 0 Å². The predicted octanol–water partition coefficient (Wildman–Crippen LogP) is 3.11. The molecule has 0 fully saturated rings. The summed E-state index contributed by atoms with van der Waals surface area (Å²) in [5.41, 5.74) is 1.17. The maximum absolute atomic E-state index is 11.6. The molecule has 0 aromatic carbocycles. The summed E-state index contributed by atoms with van der Waals surface area (Å²) in [7, 11) is 0. The first kappa shape index (κ1) is 12.5. The molecule has 15 heavy (non-hydrogen) atoms. The molecular formula is C11H16INO2. The monoisotopic (exact) mass is 321 g/mol. The van der Waals surface area contributed by atoms with Gasteiger partial charge in [-0.15, -0.1) is 0 Å². The fourth-order valence-electron chi connectivity index (χ4n) is 1.25. The van der Waals surface area contributed by atoms with Crippen molar-refractivity contribution in [2.24, 2.45) is 0 Å². The Labute approximate surface area is 104 Å². The lowest BCUT2D eigenvalue weighted by Crippen LogP contribution is -2.31. The molecule has 0 unspecified atom stereocenters. The Morgan fingerprint density at radius 1 is 1.80 bits per heavy atom. The SMILES string of the molecule is CC[C@@H](C)OC(=O)N1CC=C(/C=C/I)C1. The van der Waals surface area contributed by atoms with Gasteiger partial charge in [-0.05, 0) is 23.0 Å². The van der Waals surface area contributed by atoms with Crippen molar-refractivity contribution in [1.82, 2.24) is 4.90 Å². The average Bonchev–Trinajstić information content (AvgIpc) is 2.67. The maximum Gasteiger partial charge on any atom is 0.410 e. The highest BCUT2D eigenvalue weighted by atomic mass is 127. The third-order valence-electron chi connectivity index (χ3n) is 2.36. The zero-order chi connectivity index (χ0) is 11.3. The molecule has 1 rings (SSSR count). The number of carbonyl (C=O) groups is 1. The van der Waals surface area contributed by atoms with Crippen molar-refractivity contribution in [3.63, 3.8) is 0 Å². The van der Waals surface area contributed by atoms with Crippen LogP contribution >= 0.6 is 22.6 Å². The van der Waals surface area contributed by atoms with Gasteiger partial charge >= 0.3 is 6.09 Å². The van der Waals surface area contributed by atoms with E-state index in [2.05, 4.69) is 22.6 Å². The van der Waals surface area contributed by atoms with Crippen molar-refractivity contribution in [1.29, 1.82) is 0 Å². The van der Waals surface area contributed by atoms with E-state index in [0.717, 1.165) is 6.42 Å². The zero-order valence-electron chi connectivity index (χ0n) is 9.07. The molecule has 0 saturated heterocycles. The van der Waals surface area contributed by atoms with Gasteiger partial charge in [0, 0.05) is 13.1 Å². The summed E-state index contributed by atoms with van der Waals surface area (Å²) in [6.07, 6.45) is 4.71. The Morgan fingerprint density at radius 2 is 2.53 bits per heavy atom. The highest BCUT2D eigenvalue weighted by Gasteiger charge is 2.20. The number of nitrogens with zero attached hydrogens (tertiary/aromatic N) is 1. The third kappa shape index (κ3) is 3.85. The first-order valence-electron chi connectivity index (χ1n) is 5.08. The van der Waals surface area contributed by atoms with E-state index >= 15 is 0 Å². The van der Waals surface area contributed by atoms with Gasteiger partial charge in [0.25, 0.3) is 0 Å². The Kier molecular flexibility index (Phi) is 5.14. The van der Waals surface area contributed by atoms with Crippen molar-refractivity contribution in [2.75, 3.05) is 13.1 Å². The van der Waals surface area contributed by atoms with Crippen molar-refractivity contribution >= 4 is 28.7 Å². The highest BCUT2D eigenvalue weighted by molar-refractivity contribution is 14.1. The molecule has 0 bridgehead atoms. The van der Waals surface area contributed by atoms with Gasteiger partial charge in [-0.25, -0.2) is 4.79 Å². The summed E-state index contributed by atoms with van der Waals surface area (Å²) < 4.78 is 7.19. The van der Waals surface area contributed by atoms with Crippen molar-refractivity contribution in [3.05, 3.63) is 21.8 Å². The standard InChI is InChI=1S/C11H16INO2/c1-3-9(2)15-11(14)13-7-5-10(8-13)4-6-12/h4-6,9H,3,7-8H2,1-2H3/b6-4+/t9-/m1/s1. The number of carbonyl (C=O) groups excluding carboxylic acids is 1. The first-order valence-corrected chi connectivity index (χ1v) is 6.33. The molecule has 0 aliphatic carbocycles. The van der Waals surface area contributed by atoms with Crippen molar-refractivity contribution in [3.8, 4) is 0 Å². The molecule has 0 aromatic rings. The highest BCUT2D eigenvalue weighted by Crippen LogP contribution is 2.13. The van der Waals surface area contributed by atoms with Crippen LogP contribution in [0.3, 0.4) is 0 Å². The molecule has 0 spiro atoms. The van der Waals surface area contributed by atoms with E-state index in [1.165, 1.54) is 5.57 Å². The molecule has 1 aliphatic rings. The lowest BCUT2D eigenvalue weighted by Gasteiger charge is -2.18. The van der Waals surface area contributed by atoms with Crippen LogP contribution in [-0.4, -0.2) is 30.2 Å². The van der Waals surface area contributed by atoms with Gasteiger partial charge in [0.1, 0.15) is 6.10 Å². The smallest absolute Gasteiger partial charge is 0.410 e. The Bertz CT molecular complexity index is 286. The van der Waals surface area contributed by atoms with Gasteiger partial charge in [-0.1, -0.05) is 41.7 Å². The fraction of sp³-hybridized carbons (Fsp3) is 0.545. The molecule has 1 aliphatic heterocycles. The van der Waals surface area contributed by atoms with Gasteiger partial charge in [0.05, 0.1) is 0 Å². The predicted molar refractivity (Wildman–Crippen MR) is 69.1 cm³/mol. The molecule has 84 valence electrons. The molecule has 1 amide bonds. The summed E-state index contributed by atoms with van der Waals surface area (Å²) in [6, 6.07) is 0. The van der Waals surface area contributed by atoms with Crippen LogP contribution in [0.5, 0.6) is 0 Å². The number of ether oxygens (including phenoxy) is 1. The summed E-state index contributed by atoms with van der Waals surface area (Å²) in [6.45, 7) is 5.23. The fourth-order valence-corrected chi connectivity index (χ4v) is 1.71. The molecule has 0 radical (unpaired) electrons. The summed E-state index contributed by atoms with van der Waals surface area (Å²) in [5.74, 6) is 0. The van der Waals surface area contributed by atoms with Crippen LogP contribution in [-0.2, 0) is 4.74 Å². The molecule has 0 aromatic heterocycles. The first-order chi connectivity index (χ1) is 7.17. The molecule has 0 N–H and O–H groups in total. The van der Waals surface area contributed by atoms with Crippen LogP contribution in [0.15, 0.2) is 21.8 Å². The molecule has 3 nitrogen and oxygen atoms in total. The van der Waals surface area contributed by atoms with E-state index in [1.54, 1.807) is 4.90 Å². The van der Waals surface area contributed by atoms with Gasteiger partial charge in [-0.3, -0.25) is 0 Å². The number of amides is 1. The van der Waals surface area contributed by atoms with Gasteiger partial charge < -0.3 is 9.64 Å². The average molecular weight is 321 g/mol.